The highest BCUT2D eigenvalue weighted by atomic mass is 32.1. The monoisotopic (exact) mass is 340 g/mol. The van der Waals surface area contributed by atoms with Crippen molar-refractivity contribution in [3.63, 3.8) is 0 Å². The lowest BCUT2D eigenvalue weighted by molar-refractivity contribution is -0.119. The van der Waals surface area contributed by atoms with Gasteiger partial charge >= 0.3 is 0 Å². The standard InChI is InChI=1S/C18H16N2O3S/c21-15-8-3-7-14-12(15)6-4-10-19(14)17(22)11-20-18(23)13-5-1-2-9-16(13)24-20/h1-3,5,7-9,21H,4,6,10-11H2. The summed E-state index contributed by atoms with van der Waals surface area (Å²) in [5, 5.41) is 10.6. The van der Waals surface area contributed by atoms with E-state index in [2.05, 4.69) is 0 Å². The van der Waals surface area contributed by atoms with Crippen molar-refractivity contribution in [1.82, 2.24) is 3.96 Å². The minimum atomic E-state index is -0.129. The molecule has 3 aromatic rings. The molecule has 0 aliphatic carbocycles. The second kappa shape index (κ2) is 5.79. The molecule has 0 unspecified atom stereocenters. The summed E-state index contributed by atoms with van der Waals surface area (Å²) in [5.74, 6) is 0.0965. The number of hydrogen-bond acceptors (Lipinski definition) is 4. The molecule has 0 radical (unpaired) electrons. The lowest BCUT2D eigenvalue weighted by Crippen LogP contribution is -2.38. The van der Waals surface area contributed by atoms with Crippen LogP contribution in [0.25, 0.3) is 10.1 Å². The van der Waals surface area contributed by atoms with Gasteiger partial charge in [-0.15, -0.1) is 0 Å². The van der Waals surface area contributed by atoms with Crippen molar-refractivity contribution >= 4 is 33.2 Å². The summed E-state index contributed by atoms with van der Waals surface area (Å²) in [5.41, 5.74) is 1.43. The van der Waals surface area contributed by atoms with Gasteiger partial charge in [0, 0.05) is 12.1 Å². The Balaban J connectivity index is 1.67. The molecular formula is C18H16N2O3S. The molecular weight excluding hydrogens is 324 g/mol. The SMILES string of the molecule is O=C(Cn1sc2ccccc2c1=O)N1CCCc2c(O)cccc21. The molecule has 2 aromatic carbocycles. The molecule has 1 amide bonds. The fourth-order valence-electron chi connectivity index (χ4n) is 3.20. The molecule has 1 aromatic heterocycles. The number of rotatable bonds is 2. The van der Waals surface area contributed by atoms with Crippen LogP contribution in [0.4, 0.5) is 5.69 Å². The minimum Gasteiger partial charge on any atom is -0.508 e. The summed E-state index contributed by atoms with van der Waals surface area (Å²) in [4.78, 5) is 26.8. The average molecular weight is 340 g/mol. The smallest absolute Gasteiger partial charge is 0.268 e. The van der Waals surface area contributed by atoms with Crippen molar-refractivity contribution in [2.24, 2.45) is 0 Å². The van der Waals surface area contributed by atoms with Crippen LogP contribution in [0.3, 0.4) is 0 Å². The molecule has 0 bridgehead atoms. The Labute approximate surface area is 142 Å². The molecule has 1 N–H and O–H groups in total. The minimum absolute atomic E-state index is 0.0211. The Morgan fingerprint density at radius 1 is 1.17 bits per heavy atom. The van der Waals surface area contributed by atoms with E-state index in [0.29, 0.717) is 11.9 Å². The van der Waals surface area contributed by atoms with Gasteiger partial charge in [0.15, 0.2) is 0 Å². The van der Waals surface area contributed by atoms with Crippen molar-refractivity contribution in [3.8, 4) is 5.75 Å². The first-order chi connectivity index (χ1) is 11.6. The van der Waals surface area contributed by atoms with Crippen LogP contribution in [0, 0.1) is 0 Å². The van der Waals surface area contributed by atoms with E-state index in [4.69, 9.17) is 0 Å². The number of phenolic OH excluding ortho intramolecular Hbond substituents is 1. The third-order valence-electron chi connectivity index (χ3n) is 4.36. The number of benzene rings is 2. The number of carbonyl (C=O) groups excluding carboxylic acids is 1. The third-order valence-corrected chi connectivity index (χ3v) is 5.43. The molecule has 24 heavy (non-hydrogen) atoms. The second-order valence-electron chi connectivity index (χ2n) is 5.85. The van der Waals surface area contributed by atoms with Crippen molar-refractivity contribution in [2.45, 2.75) is 19.4 Å². The Hall–Kier alpha value is -2.60. The van der Waals surface area contributed by atoms with Gasteiger partial charge in [-0.1, -0.05) is 29.7 Å². The van der Waals surface area contributed by atoms with Crippen LogP contribution in [0.1, 0.15) is 12.0 Å². The fourth-order valence-corrected chi connectivity index (χ4v) is 4.18. The van der Waals surface area contributed by atoms with Gasteiger partial charge in [0.05, 0.1) is 15.8 Å². The van der Waals surface area contributed by atoms with E-state index >= 15 is 0 Å². The first-order valence-electron chi connectivity index (χ1n) is 7.85. The Morgan fingerprint density at radius 2 is 2.00 bits per heavy atom. The quantitative estimate of drug-likeness (QED) is 0.780. The van der Waals surface area contributed by atoms with E-state index < -0.39 is 0 Å². The number of phenols is 1. The van der Waals surface area contributed by atoms with Crippen LogP contribution < -0.4 is 10.5 Å². The van der Waals surface area contributed by atoms with Crippen molar-refractivity contribution < 1.29 is 9.90 Å². The summed E-state index contributed by atoms with van der Waals surface area (Å²) < 4.78 is 2.39. The molecule has 122 valence electrons. The molecule has 2 heterocycles. The topological polar surface area (TPSA) is 62.5 Å². The molecule has 4 rings (SSSR count). The van der Waals surface area contributed by atoms with Crippen molar-refractivity contribution in [1.29, 1.82) is 0 Å². The molecule has 1 aliphatic rings. The number of anilines is 1. The first kappa shape index (κ1) is 15.0. The van der Waals surface area contributed by atoms with Crippen LogP contribution >= 0.6 is 11.5 Å². The number of amides is 1. The number of aromatic nitrogens is 1. The van der Waals surface area contributed by atoms with Gasteiger partial charge in [0.1, 0.15) is 12.3 Å². The highest BCUT2D eigenvalue weighted by Gasteiger charge is 2.25. The van der Waals surface area contributed by atoms with Crippen LogP contribution in [0.5, 0.6) is 5.75 Å². The Morgan fingerprint density at radius 3 is 2.83 bits per heavy atom. The van der Waals surface area contributed by atoms with Gasteiger partial charge in [-0.2, -0.15) is 0 Å². The van der Waals surface area contributed by atoms with Crippen molar-refractivity contribution in [2.75, 3.05) is 11.4 Å². The molecule has 1 aliphatic heterocycles. The summed E-state index contributed by atoms with van der Waals surface area (Å²) in [6.45, 7) is 0.627. The van der Waals surface area contributed by atoms with E-state index in [-0.39, 0.29) is 23.8 Å². The summed E-state index contributed by atoms with van der Waals surface area (Å²) in [7, 11) is 0. The first-order valence-corrected chi connectivity index (χ1v) is 8.62. The fraction of sp³-hybridized carbons (Fsp3) is 0.222. The molecule has 0 atom stereocenters. The van der Waals surface area contributed by atoms with Gasteiger partial charge in [-0.05, 0) is 37.1 Å². The lowest BCUT2D eigenvalue weighted by atomic mass is 10.0. The number of hydrogen-bond donors (Lipinski definition) is 1. The van der Waals surface area contributed by atoms with E-state index in [1.54, 1.807) is 23.1 Å². The normalized spacial score (nSPS) is 13.9. The average Bonchev–Trinajstić information content (AvgIpc) is 2.91. The number of fused-ring (bicyclic) bond motifs is 2. The summed E-state index contributed by atoms with van der Waals surface area (Å²) in [6.07, 6.45) is 1.56. The van der Waals surface area contributed by atoms with E-state index in [0.717, 1.165) is 28.8 Å². The van der Waals surface area contributed by atoms with Gasteiger partial charge < -0.3 is 10.0 Å². The Kier molecular flexibility index (Phi) is 3.61. The van der Waals surface area contributed by atoms with Crippen LogP contribution in [-0.4, -0.2) is 21.5 Å². The lowest BCUT2D eigenvalue weighted by Gasteiger charge is -2.29. The van der Waals surface area contributed by atoms with Crippen LogP contribution in [-0.2, 0) is 17.8 Å². The highest BCUT2D eigenvalue weighted by molar-refractivity contribution is 7.13. The van der Waals surface area contributed by atoms with Gasteiger partial charge in [0.2, 0.25) is 5.91 Å². The largest absolute Gasteiger partial charge is 0.508 e. The van der Waals surface area contributed by atoms with Crippen LogP contribution in [0.15, 0.2) is 47.3 Å². The zero-order valence-electron chi connectivity index (χ0n) is 12.9. The van der Waals surface area contributed by atoms with Gasteiger partial charge in [0.25, 0.3) is 5.56 Å². The predicted octanol–water partition coefficient (Wildman–Crippen LogP) is 2.75. The molecule has 0 saturated carbocycles. The molecule has 6 heteroatoms. The van der Waals surface area contributed by atoms with E-state index in [1.165, 1.54) is 15.5 Å². The highest BCUT2D eigenvalue weighted by Crippen LogP contribution is 2.33. The second-order valence-corrected chi connectivity index (χ2v) is 6.92. The zero-order valence-corrected chi connectivity index (χ0v) is 13.8. The molecule has 5 nitrogen and oxygen atoms in total. The number of aromatic hydroxyl groups is 1. The summed E-state index contributed by atoms with van der Waals surface area (Å²) in [6, 6.07) is 12.6. The Bertz CT molecular complexity index is 989. The molecule has 0 saturated heterocycles. The predicted molar refractivity (Wildman–Crippen MR) is 94.9 cm³/mol. The number of nitrogens with zero attached hydrogens (tertiary/aromatic N) is 2. The maximum atomic E-state index is 12.8. The molecule has 0 spiro atoms. The number of carbonyl (C=O) groups is 1. The van der Waals surface area contributed by atoms with Gasteiger partial charge in [-0.3, -0.25) is 13.5 Å². The van der Waals surface area contributed by atoms with Gasteiger partial charge in [-0.25, -0.2) is 0 Å². The molecule has 0 fully saturated rings. The van der Waals surface area contributed by atoms with E-state index in [9.17, 15) is 14.7 Å². The maximum absolute atomic E-state index is 12.8. The van der Waals surface area contributed by atoms with E-state index in [1.807, 2.05) is 24.3 Å². The summed E-state index contributed by atoms with van der Waals surface area (Å²) >= 11 is 1.31. The maximum Gasteiger partial charge on any atom is 0.268 e. The van der Waals surface area contributed by atoms with Crippen LogP contribution in [0.2, 0.25) is 0 Å². The zero-order chi connectivity index (χ0) is 16.7. The van der Waals surface area contributed by atoms with Crippen molar-refractivity contribution in [3.05, 3.63) is 58.4 Å². The third kappa shape index (κ3) is 2.39.